The van der Waals surface area contributed by atoms with Crippen LogP contribution < -0.4 is 14.4 Å². The van der Waals surface area contributed by atoms with Gasteiger partial charge in [-0.2, -0.15) is 0 Å². The fraction of sp³-hybridized carbons (Fsp3) is 0.120. The number of Topliss-reactive ketones (excluding diaryl/α,β-unsaturated/α-hetero) is 1. The van der Waals surface area contributed by atoms with Gasteiger partial charge in [0.2, 0.25) is 0 Å². The van der Waals surface area contributed by atoms with Crippen molar-refractivity contribution in [1.82, 2.24) is 0 Å². The van der Waals surface area contributed by atoms with Gasteiger partial charge in [0.05, 0.1) is 36.4 Å². The second-order valence-electron chi connectivity index (χ2n) is 7.28. The highest BCUT2D eigenvalue weighted by molar-refractivity contribution is 6.51. The van der Waals surface area contributed by atoms with Gasteiger partial charge in [-0.15, -0.1) is 0 Å². The molecule has 0 bridgehead atoms. The van der Waals surface area contributed by atoms with Gasteiger partial charge in [-0.05, 0) is 35.9 Å². The van der Waals surface area contributed by atoms with E-state index in [1.165, 1.54) is 43.4 Å². The molecule has 1 aliphatic rings. The van der Waals surface area contributed by atoms with Crippen molar-refractivity contribution >= 4 is 34.7 Å². The molecule has 1 amide bonds. The summed E-state index contributed by atoms with van der Waals surface area (Å²) < 4.78 is 10.6. The number of anilines is 1. The molecule has 4 rings (SSSR count). The molecule has 8 heteroatoms. The van der Waals surface area contributed by atoms with E-state index in [4.69, 9.17) is 21.1 Å². The topological polar surface area (TPSA) is 96.3 Å². The number of carbonyl (C=O) groups excluding carboxylic acids is 2. The van der Waals surface area contributed by atoms with Crippen LogP contribution in [0.25, 0.3) is 5.76 Å². The Labute approximate surface area is 195 Å². The van der Waals surface area contributed by atoms with Crippen LogP contribution >= 0.6 is 11.6 Å². The van der Waals surface area contributed by atoms with E-state index in [1.54, 1.807) is 42.5 Å². The molecule has 33 heavy (non-hydrogen) atoms. The zero-order valence-electron chi connectivity index (χ0n) is 17.8. The number of hydrogen-bond donors (Lipinski definition) is 2. The molecule has 0 radical (unpaired) electrons. The summed E-state index contributed by atoms with van der Waals surface area (Å²) in [6.45, 7) is 0. The first-order chi connectivity index (χ1) is 15.9. The fourth-order valence-corrected chi connectivity index (χ4v) is 4.08. The minimum atomic E-state index is -0.945. The van der Waals surface area contributed by atoms with Gasteiger partial charge in [-0.25, -0.2) is 0 Å². The van der Waals surface area contributed by atoms with E-state index >= 15 is 0 Å². The third-order valence-electron chi connectivity index (χ3n) is 5.42. The van der Waals surface area contributed by atoms with E-state index in [9.17, 15) is 19.8 Å². The molecule has 1 saturated heterocycles. The third kappa shape index (κ3) is 3.87. The minimum Gasteiger partial charge on any atom is -0.508 e. The maximum Gasteiger partial charge on any atom is 0.300 e. The predicted molar refractivity (Wildman–Crippen MR) is 124 cm³/mol. The largest absolute Gasteiger partial charge is 0.508 e. The lowest BCUT2D eigenvalue weighted by Crippen LogP contribution is -2.29. The van der Waals surface area contributed by atoms with E-state index in [1.807, 2.05) is 0 Å². The second-order valence-corrected chi connectivity index (χ2v) is 7.69. The molecule has 0 saturated carbocycles. The van der Waals surface area contributed by atoms with Gasteiger partial charge in [0.15, 0.2) is 0 Å². The van der Waals surface area contributed by atoms with Gasteiger partial charge in [0, 0.05) is 11.8 Å². The van der Waals surface area contributed by atoms with Crippen molar-refractivity contribution in [3.63, 3.8) is 0 Å². The predicted octanol–water partition coefficient (Wildman–Crippen LogP) is 4.69. The number of phenolic OH excluding ortho intramolecular Hbond substituents is 1. The first-order valence-corrected chi connectivity index (χ1v) is 10.3. The van der Waals surface area contributed by atoms with Crippen molar-refractivity contribution in [3.05, 3.63) is 88.5 Å². The Bertz CT molecular complexity index is 1250. The highest BCUT2D eigenvalue weighted by Crippen LogP contribution is 2.44. The van der Waals surface area contributed by atoms with Crippen molar-refractivity contribution in [2.75, 3.05) is 19.1 Å². The minimum absolute atomic E-state index is 0.0273. The number of halogens is 1. The van der Waals surface area contributed by atoms with Gasteiger partial charge in [-0.3, -0.25) is 14.5 Å². The summed E-state index contributed by atoms with van der Waals surface area (Å²) in [5.41, 5.74) is 1.03. The first-order valence-electron chi connectivity index (χ1n) is 9.94. The Morgan fingerprint density at radius 2 is 1.58 bits per heavy atom. The summed E-state index contributed by atoms with van der Waals surface area (Å²) in [4.78, 5) is 27.7. The van der Waals surface area contributed by atoms with Crippen molar-refractivity contribution in [3.8, 4) is 17.2 Å². The number of ether oxygens (including phenoxy) is 2. The van der Waals surface area contributed by atoms with Crippen molar-refractivity contribution in [2.24, 2.45) is 0 Å². The van der Waals surface area contributed by atoms with Crippen LogP contribution in [0.4, 0.5) is 5.69 Å². The molecule has 3 aromatic carbocycles. The number of carbonyl (C=O) groups is 2. The van der Waals surface area contributed by atoms with Crippen molar-refractivity contribution in [2.45, 2.75) is 6.04 Å². The molecule has 1 aliphatic heterocycles. The van der Waals surface area contributed by atoms with Crippen molar-refractivity contribution in [1.29, 1.82) is 0 Å². The average molecular weight is 466 g/mol. The van der Waals surface area contributed by atoms with Gasteiger partial charge >= 0.3 is 0 Å². The number of benzene rings is 3. The zero-order valence-corrected chi connectivity index (χ0v) is 18.5. The number of aliphatic hydroxyl groups excluding tert-OH is 1. The molecule has 7 nitrogen and oxygen atoms in total. The number of aliphatic hydroxyl groups is 1. The van der Waals surface area contributed by atoms with Crippen LogP contribution in [0, 0.1) is 0 Å². The molecule has 0 aromatic heterocycles. The lowest BCUT2D eigenvalue weighted by Gasteiger charge is -2.25. The molecule has 1 atom stereocenters. The highest BCUT2D eigenvalue weighted by Gasteiger charge is 2.47. The molecule has 0 aliphatic carbocycles. The molecule has 3 aromatic rings. The number of rotatable bonds is 5. The molecule has 2 N–H and O–H groups in total. The summed E-state index contributed by atoms with van der Waals surface area (Å²) in [5.74, 6) is -1.59. The molecule has 0 spiro atoms. The monoisotopic (exact) mass is 465 g/mol. The van der Waals surface area contributed by atoms with Gasteiger partial charge in [0.25, 0.3) is 11.7 Å². The van der Waals surface area contributed by atoms with E-state index < -0.39 is 23.5 Å². The van der Waals surface area contributed by atoms with Crippen molar-refractivity contribution < 1.29 is 29.3 Å². The number of para-hydroxylation sites is 1. The number of amides is 1. The quantitative estimate of drug-likeness (QED) is 0.322. The van der Waals surface area contributed by atoms with Crippen LogP contribution in [-0.4, -0.2) is 36.1 Å². The lowest BCUT2D eigenvalue weighted by molar-refractivity contribution is -0.132. The van der Waals surface area contributed by atoms with Crippen LogP contribution in [0.3, 0.4) is 0 Å². The highest BCUT2D eigenvalue weighted by atomic mass is 35.5. The van der Waals surface area contributed by atoms with E-state index in [0.29, 0.717) is 11.3 Å². The molecule has 1 heterocycles. The fourth-order valence-electron chi connectivity index (χ4n) is 3.85. The Kier molecular flexibility index (Phi) is 5.98. The van der Waals surface area contributed by atoms with E-state index in [-0.39, 0.29) is 33.4 Å². The smallest absolute Gasteiger partial charge is 0.300 e. The number of phenols is 1. The van der Waals surface area contributed by atoms with Crippen LogP contribution in [0.1, 0.15) is 17.2 Å². The van der Waals surface area contributed by atoms with Gasteiger partial charge in [0.1, 0.15) is 23.0 Å². The molecule has 1 unspecified atom stereocenters. The summed E-state index contributed by atoms with van der Waals surface area (Å²) >= 11 is 6.18. The van der Waals surface area contributed by atoms with Crippen LogP contribution in [-0.2, 0) is 9.59 Å². The lowest BCUT2D eigenvalue weighted by atomic mass is 9.94. The number of aromatic hydroxyl groups is 1. The molecular weight excluding hydrogens is 446 g/mol. The Balaban J connectivity index is 1.99. The number of nitrogens with zero attached hydrogens (tertiary/aromatic N) is 1. The summed E-state index contributed by atoms with van der Waals surface area (Å²) in [6.07, 6.45) is 0. The van der Waals surface area contributed by atoms with Crippen LogP contribution in [0.2, 0.25) is 5.02 Å². The Morgan fingerprint density at radius 1 is 0.939 bits per heavy atom. The molecule has 168 valence electrons. The summed E-state index contributed by atoms with van der Waals surface area (Å²) in [6, 6.07) is 16.7. The van der Waals surface area contributed by atoms with Crippen LogP contribution in [0.15, 0.2) is 72.3 Å². The number of methoxy groups -OCH3 is 2. The number of hydrogen-bond acceptors (Lipinski definition) is 6. The second kappa shape index (κ2) is 8.88. The molecular formula is C25H20ClNO6. The SMILES string of the molecule is COc1cc(/C(O)=C2\C(=O)C(=O)N(c3ccccc3)C2c2ccc(O)cc2)c(OC)cc1Cl. The normalized spacial score (nSPS) is 17.3. The van der Waals surface area contributed by atoms with Gasteiger partial charge < -0.3 is 19.7 Å². The summed E-state index contributed by atoms with van der Waals surface area (Å²) in [7, 11) is 2.82. The molecule has 1 fully saturated rings. The Morgan fingerprint density at radius 3 is 2.18 bits per heavy atom. The number of ketones is 1. The van der Waals surface area contributed by atoms with Gasteiger partial charge in [-0.1, -0.05) is 41.9 Å². The first kappa shape index (κ1) is 22.2. The third-order valence-corrected chi connectivity index (χ3v) is 5.71. The van der Waals surface area contributed by atoms with E-state index in [2.05, 4.69) is 0 Å². The summed E-state index contributed by atoms with van der Waals surface area (Å²) in [5, 5.41) is 21.3. The zero-order chi connectivity index (χ0) is 23.7. The van der Waals surface area contributed by atoms with Crippen LogP contribution in [0.5, 0.6) is 17.2 Å². The Hall–Kier alpha value is -3.97. The maximum atomic E-state index is 13.2. The average Bonchev–Trinajstić information content (AvgIpc) is 3.09. The van der Waals surface area contributed by atoms with E-state index in [0.717, 1.165) is 0 Å². The standard InChI is InChI=1S/C25H20ClNO6/c1-32-19-13-18(26)20(33-2)12-17(19)23(29)21-22(14-8-10-16(28)11-9-14)27(25(31)24(21)30)15-6-4-3-5-7-15/h3-13,22,28-29H,1-2H3/b23-21+. The maximum absolute atomic E-state index is 13.2.